The monoisotopic (exact) mass is 132 g/mol. The van der Waals surface area contributed by atoms with Gasteiger partial charge in [-0.1, -0.05) is 24.3 Å². The third-order valence-corrected chi connectivity index (χ3v) is 1.89. The van der Waals surface area contributed by atoms with Gasteiger partial charge in [-0.15, -0.1) is 0 Å². The van der Waals surface area contributed by atoms with Crippen molar-refractivity contribution in [1.82, 2.24) is 0 Å². The van der Waals surface area contributed by atoms with E-state index in [0.717, 1.165) is 17.6 Å². The van der Waals surface area contributed by atoms with Gasteiger partial charge in [0, 0.05) is 12.0 Å². The van der Waals surface area contributed by atoms with Crippen LogP contribution in [-0.2, 0) is 4.79 Å². The molecule has 2 aliphatic carbocycles. The number of carbonyl (C=O) groups excluding carboxylic acids is 1. The second kappa shape index (κ2) is 1.94. The van der Waals surface area contributed by atoms with Crippen molar-refractivity contribution < 1.29 is 4.79 Å². The Kier molecular flexibility index (Phi) is 1.10. The maximum absolute atomic E-state index is 11.1. The highest BCUT2D eigenvalue weighted by Crippen LogP contribution is 2.25. The fraction of sp³-hybridized carbons (Fsp3) is 0.222. The van der Waals surface area contributed by atoms with E-state index in [2.05, 4.69) is 6.08 Å². The molecule has 0 bridgehead atoms. The summed E-state index contributed by atoms with van der Waals surface area (Å²) in [7, 11) is 0. The molecule has 0 unspecified atom stereocenters. The molecule has 0 radical (unpaired) electrons. The lowest BCUT2D eigenvalue weighted by molar-refractivity contribution is -0.115. The molecule has 0 amide bonds. The van der Waals surface area contributed by atoms with E-state index >= 15 is 0 Å². The lowest BCUT2D eigenvalue weighted by Gasteiger charge is -2.08. The standard InChI is InChI=1S/C9H8O/c10-9-6-2-4-7-3-1-5-8(7)9/h1,3-5H,2,6H2. The van der Waals surface area contributed by atoms with Gasteiger partial charge in [0.05, 0.1) is 0 Å². The molecular weight excluding hydrogens is 124 g/mol. The average Bonchev–Trinajstić information content (AvgIpc) is 2.36. The summed E-state index contributed by atoms with van der Waals surface area (Å²) in [6.07, 6.45) is 9.55. The second-order valence-corrected chi connectivity index (χ2v) is 2.56. The maximum atomic E-state index is 11.1. The normalized spacial score (nSPS) is 22.2. The summed E-state index contributed by atoms with van der Waals surface area (Å²) in [4.78, 5) is 11.1. The van der Waals surface area contributed by atoms with Crippen molar-refractivity contribution in [2.75, 3.05) is 0 Å². The molecule has 0 heterocycles. The summed E-state index contributed by atoms with van der Waals surface area (Å²) in [6.45, 7) is 0. The van der Waals surface area contributed by atoms with Crippen LogP contribution in [0.4, 0.5) is 0 Å². The number of allylic oxidation sites excluding steroid dienone is 6. The van der Waals surface area contributed by atoms with E-state index in [0.29, 0.717) is 12.2 Å². The van der Waals surface area contributed by atoms with Crippen LogP contribution < -0.4 is 0 Å². The van der Waals surface area contributed by atoms with Gasteiger partial charge >= 0.3 is 0 Å². The number of ketones is 1. The Morgan fingerprint density at radius 2 is 2.30 bits per heavy atom. The van der Waals surface area contributed by atoms with E-state index in [1.807, 2.05) is 18.2 Å². The molecule has 0 aromatic heterocycles. The van der Waals surface area contributed by atoms with Crippen molar-refractivity contribution in [2.45, 2.75) is 12.8 Å². The number of hydrogen-bond donors (Lipinski definition) is 0. The fourth-order valence-electron chi connectivity index (χ4n) is 1.36. The Labute approximate surface area is 59.7 Å². The molecule has 0 saturated carbocycles. The predicted octanol–water partition coefficient (Wildman–Crippen LogP) is 1.77. The maximum Gasteiger partial charge on any atom is 0.163 e. The van der Waals surface area contributed by atoms with Gasteiger partial charge in [0.1, 0.15) is 0 Å². The van der Waals surface area contributed by atoms with Gasteiger partial charge in [-0.05, 0) is 12.0 Å². The lowest BCUT2D eigenvalue weighted by atomic mass is 9.95. The summed E-state index contributed by atoms with van der Waals surface area (Å²) in [5, 5.41) is 0. The zero-order valence-corrected chi connectivity index (χ0v) is 5.63. The molecule has 2 rings (SSSR count). The third kappa shape index (κ3) is 0.670. The first-order chi connectivity index (χ1) is 4.88. The van der Waals surface area contributed by atoms with E-state index in [-0.39, 0.29) is 0 Å². The van der Waals surface area contributed by atoms with E-state index in [4.69, 9.17) is 0 Å². The zero-order valence-electron chi connectivity index (χ0n) is 5.63. The fourth-order valence-corrected chi connectivity index (χ4v) is 1.36. The number of rotatable bonds is 0. The van der Waals surface area contributed by atoms with Crippen molar-refractivity contribution in [3.8, 4) is 0 Å². The summed E-state index contributed by atoms with van der Waals surface area (Å²) < 4.78 is 0. The van der Waals surface area contributed by atoms with Gasteiger partial charge in [-0.2, -0.15) is 0 Å². The topological polar surface area (TPSA) is 17.1 Å². The van der Waals surface area contributed by atoms with Gasteiger partial charge in [0.2, 0.25) is 0 Å². The first-order valence-electron chi connectivity index (χ1n) is 3.50. The minimum absolute atomic E-state index is 0.294. The molecule has 0 saturated heterocycles. The second-order valence-electron chi connectivity index (χ2n) is 2.56. The Hall–Kier alpha value is -1.11. The third-order valence-electron chi connectivity index (χ3n) is 1.89. The molecule has 50 valence electrons. The number of fused-ring (bicyclic) bond motifs is 1. The van der Waals surface area contributed by atoms with Gasteiger partial charge in [0.15, 0.2) is 5.78 Å². The van der Waals surface area contributed by atoms with Gasteiger partial charge < -0.3 is 0 Å². The van der Waals surface area contributed by atoms with Gasteiger partial charge in [-0.3, -0.25) is 4.79 Å². The summed E-state index contributed by atoms with van der Waals surface area (Å²) >= 11 is 0. The molecule has 1 nitrogen and oxygen atoms in total. The highest BCUT2D eigenvalue weighted by Gasteiger charge is 2.17. The molecule has 0 fully saturated rings. The highest BCUT2D eigenvalue weighted by atomic mass is 16.1. The van der Waals surface area contributed by atoms with Crippen LogP contribution in [0.2, 0.25) is 0 Å². The van der Waals surface area contributed by atoms with Crippen molar-refractivity contribution in [3.05, 3.63) is 35.5 Å². The van der Waals surface area contributed by atoms with Crippen LogP contribution in [0.25, 0.3) is 0 Å². The number of Topliss-reactive ketones (excluding diaryl/α,β-unsaturated/α-hetero) is 1. The molecular formula is C9H8O. The molecule has 0 aromatic rings. The largest absolute Gasteiger partial charge is 0.294 e. The molecule has 2 aliphatic rings. The van der Waals surface area contributed by atoms with Crippen LogP contribution in [-0.4, -0.2) is 5.78 Å². The number of carbonyl (C=O) groups is 1. The Bertz CT molecular complexity index is 266. The first-order valence-corrected chi connectivity index (χ1v) is 3.50. The predicted molar refractivity (Wildman–Crippen MR) is 39.5 cm³/mol. The van der Waals surface area contributed by atoms with Crippen LogP contribution >= 0.6 is 0 Å². The minimum Gasteiger partial charge on any atom is -0.294 e. The Morgan fingerprint density at radius 3 is 3.10 bits per heavy atom. The smallest absolute Gasteiger partial charge is 0.163 e. The molecule has 1 heteroatoms. The Balaban J connectivity index is 2.46. The minimum atomic E-state index is 0.294. The SMILES string of the molecule is O=C1CCC=C2C=CC=C12. The lowest BCUT2D eigenvalue weighted by Crippen LogP contribution is -2.06. The van der Waals surface area contributed by atoms with Crippen LogP contribution in [0.3, 0.4) is 0 Å². The van der Waals surface area contributed by atoms with E-state index in [9.17, 15) is 4.79 Å². The van der Waals surface area contributed by atoms with E-state index in [1.54, 1.807) is 0 Å². The van der Waals surface area contributed by atoms with Gasteiger partial charge in [0.25, 0.3) is 0 Å². The average molecular weight is 132 g/mol. The van der Waals surface area contributed by atoms with Crippen LogP contribution in [0.5, 0.6) is 0 Å². The Morgan fingerprint density at radius 1 is 1.40 bits per heavy atom. The molecule has 0 spiro atoms. The molecule has 10 heavy (non-hydrogen) atoms. The van der Waals surface area contributed by atoms with Crippen molar-refractivity contribution in [1.29, 1.82) is 0 Å². The van der Waals surface area contributed by atoms with Crippen LogP contribution in [0.1, 0.15) is 12.8 Å². The quantitative estimate of drug-likeness (QED) is 0.491. The van der Waals surface area contributed by atoms with Crippen LogP contribution in [0.15, 0.2) is 35.5 Å². The first kappa shape index (κ1) is 5.66. The van der Waals surface area contributed by atoms with E-state index in [1.165, 1.54) is 0 Å². The molecule has 0 N–H and O–H groups in total. The van der Waals surface area contributed by atoms with Crippen molar-refractivity contribution in [2.24, 2.45) is 0 Å². The van der Waals surface area contributed by atoms with E-state index < -0.39 is 0 Å². The van der Waals surface area contributed by atoms with Crippen molar-refractivity contribution >= 4 is 5.78 Å². The molecule has 0 atom stereocenters. The zero-order chi connectivity index (χ0) is 6.97. The summed E-state index contributed by atoms with van der Waals surface area (Å²) in [6, 6.07) is 0. The molecule has 0 aromatic carbocycles. The molecule has 0 aliphatic heterocycles. The summed E-state index contributed by atoms with van der Waals surface area (Å²) in [5.74, 6) is 0.294. The van der Waals surface area contributed by atoms with Crippen molar-refractivity contribution in [3.63, 3.8) is 0 Å². The highest BCUT2D eigenvalue weighted by molar-refractivity contribution is 6.02. The summed E-state index contributed by atoms with van der Waals surface area (Å²) in [5.41, 5.74) is 2.03. The van der Waals surface area contributed by atoms with Crippen LogP contribution in [0, 0.1) is 0 Å². The number of hydrogen-bond acceptors (Lipinski definition) is 1. The van der Waals surface area contributed by atoms with Gasteiger partial charge in [-0.25, -0.2) is 0 Å².